The summed E-state index contributed by atoms with van der Waals surface area (Å²) in [4.78, 5) is 24.3. The van der Waals surface area contributed by atoms with Gasteiger partial charge in [-0.1, -0.05) is 6.07 Å². The van der Waals surface area contributed by atoms with Crippen LogP contribution in [0.1, 0.15) is 6.92 Å². The molecule has 0 aliphatic carbocycles. The zero-order valence-electron chi connectivity index (χ0n) is 10.2. The molecule has 1 unspecified atom stereocenters. The Morgan fingerprint density at radius 2 is 2.11 bits per heavy atom. The van der Waals surface area contributed by atoms with Crippen LogP contribution in [-0.4, -0.2) is 34.8 Å². The number of rotatable bonds is 5. The second-order valence-corrected chi connectivity index (χ2v) is 5.39. The second kappa shape index (κ2) is 6.51. The summed E-state index contributed by atoms with van der Waals surface area (Å²) in [5, 5.41) is 0. The minimum absolute atomic E-state index is 0.288. The van der Waals surface area contributed by atoms with Crippen molar-refractivity contribution in [2.75, 3.05) is 23.5 Å². The number of likely N-dealkylation sites (N-methyl/N-ethyl adjacent to an activating group) is 1. The molecule has 0 spiro atoms. The fourth-order valence-electron chi connectivity index (χ4n) is 1.30. The van der Waals surface area contributed by atoms with E-state index in [0.717, 1.165) is 11.0 Å². The quantitative estimate of drug-likeness (QED) is 0.595. The summed E-state index contributed by atoms with van der Waals surface area (Å²) in [6.45, 7) is 1.67. The summed E-state index contributed by atoms with van der Waals surface area (Å²) < 4.78 is 24.2. The van der Waals surface area contributed by atoms with Gasteiger partial charge in [0.25, 0.3) is 11.7 Å². The molecule has 0 aliphatic rings. The average molecular weight is 271 g/mol. The van der Waals surface area contributed by atoms with Crippen molar-refractivity contribution in [2.24, 2.45) is 0 Å². The van der Waals surface area contributed by atoms with Gasteiger partial charge in [0.05, 0.1) is 0 Å². The molecular weight excluding hydrogens is 257 g/mol. The summed E-state index contributed by atoms with van der Waals surface area (Å²) in [7, 11) is 1.38. The molecule has 1 aromatic rings. The van der Waals surface area contributed by atoms with E-state index in [1.165, 1.54) is 25.2 Å². The standard InChI is InChI=1S/C12H14FNO3S/c1-3-18(17)8-11(15)12(16)14(2)10-6-4-5-9(13)7-10/h4-7H,3,8H2,1-2H3. The van der Waals surface area contributed by atoms with Crippen LogP contribution < -0.4 is 4.90 Å². The first kappa shape index (κ1) is 14.7. The Morgan fingerprint density at radius 1 is 1.44 bits per heavy atom. The Morgan fingerprint density at radius 3 is 2.67 bits per heavy atom. The predicted octanol–water partition coefficient (Wildman–Crippen LogP) is 1.13. The molecule has 0 saturated heterocycles. The van der Waals surface area contributed by atoms with E-state index in [0.29, 0.717) is 5.75 Å². The Balaban J connectivity index is 2.75. The van der Waals surface area contributed by atoms with E-state index in [9.17, 15) is 18.5 Å². The van der Waals surface area contributed by atoms with Crippen molar-refractivity contribution in [2.45, 2.75) is 6.92 Å². The van der Waals surface area contributed by atoms with E-state index in [-0.39, 0.29) is 11.4 Å². The molecule has 1 atom stereocenters. The van der Waals surface area contributed by atoms with Gasteiger partial charge in [0.1, 0.15) is 11.6 Å². The first-order valence-corrected chi connectivity index (χ1v) is 6.86. The molecule has 0 N–H and O–H groups in total. The van der Waals surface area contributed by atoms with Gasteiger partial charge < -0.3 is 9.45 Å². The summed E-state index contributed by atoms with van der Waals surface area (Å²) in [5.74, 6) is -1.99. The molecule has 0 saturated carbocycles. The highest BCUT2D eigenvalue weighted by Crippen LogP contribution is 2.14. The maximum atomic E-state index is 13.0. The van der Waals surface area contributed by atoms with Gasteiger partial charge in [-0.05, 0) is 36.3 Å². The predicted molar refractivity (Wildman–Crippen MR) is 68.4 cm³/mol. The van der Waals surface area contributed by atoms with Crippen molar-refractivity contribution < 1.29 is 18.5 Å². The number of carbonyl (C=O) groups is 2. The van der Waals surface area contributed by atoms with Crippen LogP contribution in [0.25, 0.3) is 0 Å². The largest absolute Gasteiger partial charge is 0.616 e. The molecule has 0 aliphatic heterocycles. The number of carbonyl (C=O) groups excluding carboxylic acids is 2. The van der Waals surface area contributed by atoms with Crippen molar-refractivity contribution in [3.8, 4) is 0 Å². The number of anilines is 1. The van der Waals surface area contributed by atoms with Crippen molar-refractivity contribution >= 4 is 28.6 Å². The Bertz CT molecular complexity index is 453. The number of ketones is 1. The molecule has 1 amide bonds. The summed E-state index contributed by atoms with van der Waals surface area (Å²) >= 11 is -1.33. The monoisotopic (exact) mass is 271 g/mol. The van der Waals surface area contributed by atoms with E-state index >= 15 is 0 Å². The van der Waals surface area contributed by atoms with Crippen LogP contribution >= 0.6 is 0 Å². The number of nitrogens with zero attached hydrogens (tertiary/aromatic N) is 1. The lowest BCUT2D eigenvalue weighted by Gasteiger charge is -2.16. The third kappa shape index (κ3) is 3.82. The summed E-state index contributed by atoms with van der Waals surface area (Å²) in [6, 6.07) is 5.37. The van der Waals surface area contributed by atoms with Gasteiger partial charge in [-0.15, -0.1) is 0 Å². The highest BCUT2D eigenvalue weighted by atomic mass is 32.2. The van der Waals surface area contributed by atoms with Crippen molar-refractivity contribution in [3.63, 3.8) is 0 Å². The normalized spacial score (nSPS) is 12.0. The number of benzene rings is 1. The van der Waals surface area contributed by atoms with Gasteiger partial charge in [0, 0.05) is 12.7 Å². The molecule has 6 heteroatoms. The smallest absolute Gasteiger partial charge is 0.299 e. The molecule has 0 heterocycles. The minimum atomic E-state index is -1.33. The third-order valence-corrected chi connectivity index (χ3v) is 3.58. The van der Waals surface area contributed by atoms with E-state index in [2.05, 4.69) is 0 Å². The lowest BCUT2D eigenvalue weighted by molar-refractivity contribution is -0.134. The molecule has 1 aromatic carbocycles. The van der Waals surface area contributed by atoms with Crippen molar-refractivity contribution in [1.82, 2.24) is 0 Å². The fraction of sp³-hybridized carbons (Fsp3) is 0.333. The van der Waals surface area contributed by atoms with Crippen LogP contribution in [0, 0.1) is 5.82 Å². The maximum absolute atomic E-state index is 13.0. The van der Waals surface area contributed by atoms with Crippen LogP contribution in [0.2, 0.25) is 0 Å². The minimum Gasteiger partial charge on any atom is -0.616 e. The van der Waals surface area contributed by atoms with Gasteiger partial charge >= 0.3 is 0 Å². The zero-order valence-corrected chi connectivity index (χ0v) is 11.0. The van der Waals surface area contributed by atoms with E-state index in [4.69, 9.17) is 0 Å². The van der Waals surface area contributed by atoms with E-state index in [1.807, 2.05) is 0 Å². The summed E-state index contributed by atoms with van der Waals surface area (Å²) in [5.41, 5.74) is 0.288. The number of Topliss-reactive ketones (excluding diaryl/α,β-unsaturated/α-hetero) is 1. The van der Waals surface area contributed by atoms with Gasteiger partial charge in [-0.2, -0.15) is 0 Å². The molecule has 0 radical (unpaired) electrons. The van der Waals surface area contributed by atoms with Crippen molar-refractivity contribution in [1.29, 1.82) is 0 Å². The SMILES string of the molecule is CC[S+]([O-])CC(=O)C(=O)N(C)c1cccc(F)c1. The molecule has 18 heavy (non-hydrogen) atoms. The van der Waals surface area contributed by atoms with Crippen LogP contribution in [0.4, 0.5) is 10.1 Å². The van der Waals surface area contributed by atoms with Crippen molar-refractivity contribution in [3.05, 3.63) is 30.1 Å². The van der Waals surface area contributed by atoms with Crippen LogP contribution in [-0.2, 0) is 20.8 Å². The molecule has 0 bridgehead atoms. The second-order valence-electron chi connectivity index (χ2n) is 3.64. The number of hydrogen-bond donors (Lipinski definition) is 0. The van der Waals surface area contributed by atoms with Crippen LogP contribution in [0.15, 0.2) is 24.3 Å². The number of halogens is 1. The first-order valence-electron chi connectivity index (χ1n) is 5.37. The molecule has 1 rings (SSSR count). The molecular formula is C12H14FNO3S. The number of amides is 1. The molecule has 4 nitrogen and oxygen atoms in total. The topological polar surface area (TPSA) is 60.4 Å². The van der Waals surface area contributed by atoms with E-state index < -0.39 is 28.7 Å². The lowest BCUT2D eigenvalue weighted by atomic mass is 10.2. The third-order valence-electron chi connectivity index (χ3n) is 2.35. The highest BCUT2D eigenvalue weighted by molar-refractivity contribution is 7.92. The van der Waals surface area contributed by atoms with E-state index in [1.54, 1.807) is 6.92 Å². The Kier molecular flexibility index (Phi) is 5.30. The number of hydrogen-bond acceptors (Lipinski definition) is 3. The molecule has 0 aromatic heterocycles. The van der Waals surface area contributed by atoms with Gasteiger partial charge in [-0.25, -0.2) is 4.39 Å². The molecule has 0 fully saturated rings. The zero-order chi connectivity index (χ0) is 13.7. The maximum Gasteiger partial charge on any atom is 0.299 e. The average Bonchev–Trinajstić information content (AvgIpc) is 2.36. The van der Waals surface area contributed by atoms with Gasteiger partial charge in [-0.3, -0.25) is 9.59 Å². The van der Waals surface area contributed by atoms with Gasteiger partial charge in [0.2, 0.25) is 0 Å². The van der Waals surface area contributed by atoms with Crippen LogP contribution in [0.5, 0.6) is 0 Å². The first-order chi connectivity index (χ1) is 8.45. The Hall–Kier alpha value is -1.40. The van der Waals surface area contributed by atoms with Gasteiger partial charge in [0.15, 0.2) is 5.75 Å². The highest BCUT2D eigenvalue weighted by Gasteiger charge is 2.24. The molecule has 98 valence electrons. The van der Waals surface area contributed by atoms with Crippen LogP contribution in [0.3, 0.4) is 0 Å². The Labute approximate surface area is 108 Å². The lowest BCUT2D eigenvalue weighted by Crippen LogP contribution is -2.37. The summed E-state index contributed by atoms with van der Waals surface area (Å²) in [6.07, 6.45) is 0. The fourth-order valence-corrected chi connectivity index (χ4v) is 1.92.